The first kappa shape index (κ1) is 19.3. The van der Waals surface area contributed by atoms with Gasteiger partial charge in [0.2, 0.25) is 0 Å². The number of allylic oxidation sites excluding steroid dienone is 2. The summed E-state index contributed by atoms with van der Waals surface area (Å²) in [5.74, 6) is -0.517. The third kappa shape index (κ3) is 5.78. The first-order chi connectivity index (χ1) is 13.2. The third-order valence-corrected chi connectivity index (χ3v) is 4.73. The number of carbonyl (C=O) groups is 1. The molecule has 1 heterocycles. The zero-order chi connectivity index (χ0) is 18.9. The van der Waals surface area contributed by atoms with Gasteiger partial charge in [-0.2, -0.15) is 0 Å². The molecule has 0 bridgehead atoms. The number of aliphatic carboxylic acids is 1. The fourth-order valence-corrected chi connectivity index (χ4v) is 3.31. The van der Waals surface area contributed by atoms with Crippen LogP contribution in [0.5, 0.6) is 0 Å². The van der Waals surface area contributed by atoms with E-state index in [9.17, 15) is 4.79 Å². The Labute approximate surface area is 160 Å². The van der Waals surface area contributed by atoms with Crippen LogP contribution < -0.4 is 0 Å². The van der Waals surface area contributed by atoms with Gasteiger partial charge >= 0.3 is 5.97 Å². The van der Waals surface area contributed by atoms with Crippen LogP contribution in [0.25, 0.3) is 0 Å². The second kappa shape index (κ2) is 10.0. The second-order valence-electron chi connectivity index (χ2n) is 6.80. The van der Waals surface area contributed by atoms with Crippen molar-refractivity contribution in [3.8, 4) is 0 Å². The van der Waals surface area contributed by atoms with Crippen LogP contribution in [-0.2, 0) is 14.3 Å². The van der Waals surface area contributed by atoms with Crippen LogP contribution in [0.15, 0.2) is 72.8 Å². The highest BCUT2D eigenvalue weighted by Crippen LogP contribution is 2.39. The number of carboxylic acid groups (broad SMARTS) is 1. The number of hydrogen-bond acceptors (Lipinski definition) is 3. The van der Waals surface area contributed by atoms with Crippen molar-refractivity contribution in [2.45, 2.75) is 38.1 Å². The van der Waals surface area contributed by atoms with Gasteiger partial charge in [-0.05, 0) is 24.8 Å². The van der Waals surface area contributed by atoms with E-state index in [0.717, 1.165) is 24.0 Å². The van der Waals surface area contributed by atoms with Crippen LogP contribution in [-0.4, -0.2) is 17.7 Å². The number of benzene rings is 2. The molecule has 3 rings (SSSR count). The van der Waals surface area contributed by atoms with Crippen LogP contribution in [0.2, 0.25) is 0 Å². The Morgan fingerprint density at radius 3 is 2.33 bits per heavy atom. The van der Waals surface area contributed by atoms with E-state index in [1.54, 1.807) is 0 Å². The standard InChI is InChI=1S/C23H26O4/c24-21(25)16-10-2-1-5-15-20-17-26-23(19-13-8-4-9-14-19)27-22(20)18-11-6-3-7-12-18/h1,3-9,11-14,20,22-23H,2,10,15-17H2,(H,24,25)/b5-1-. The molecule has 0 radical (unpaired) electrons. The van der Waals surface area contributed by atoms with Crippen molar-refractivity contribution in [2.75, 3.05) is 6.61 Å². The summed E-state index contributed by atoms with van der Waals surface area (Å²) in [7, 11) is 0. The van der Waals surface area contributed by atoms with E-state index in [1.165, 1.54) is 0 Å². The Morgan fingerprint density at radius 1 is 1.00 bits per heavy atom. The molecule has 2 aromatic carbocycles. The van der Waals surface area contributed by atoms with Crippen molar-refractivity contribution in [3.63, 3.8) is 0 Å². The van der Waals surface area contributed by atoms with Gasteiger partial charge in [0.15, 0.2) is 6.29 Å². The molecular formula is C23H26O4. The lowest BCUT2D eigenvalue weighted by Crippen LogP contribution is -2.30. The molecule has 0 saturated carbocycles. The molecule has 1 fully saturated rings. The molecule has 142 valence electrons. The number of rotatable bonds is 8. The Morgan fingerprint density at radius 2 is 1.67 bits per heavy atom. The van der Waals surface area contributed by atoms with Crippen molar-refractivity contribution in [1.29, 1.82) is 0 Å². The summed E-state index contributed by atoms with van der Waals surface area (Å²) in [4.78, 5) is 10.6. The molecule has 27 heavy (non-hydrogen) atoms. The zero-order valence-electron chi connectivity index (χ0n) is 15.4. The molecule has 3 unspecified atom stereocenters. The van der Waals surface area contributed by atoms with Gasteiger partial charge in [0.1, 0.15) is 0 Å². The third-order valence-electron chi connectivity index (χ3n) is 4.73. The van der Waals surface area contributed by atoms with Crippen molar-refractivity contribution in [2.24, 2.45) is 5.92 Å². The van der Waals surface area contributed by atoms with Crippen molar-refractivity contribution >= 4 is 5.97 Å². The molecule has 1 saturated heterocycles. The summed E-state index contributed by atoms with van der Waals surface area (Å²) in [5, 5.41) is 8.70. The lowest BCUT2D eigenvalue weighted by molar-refractivity contribution is -0.243. The van der Waals surface area contributed by atoms with Gasteiger partial charge < -0.3 is 14.6 Å². The molecule has 4 heteroatoms. The number of ether oxygens (including phenoxy) is 2. The van der Waals surface area contributed by atoms with Crippen LogP contribution >= 0.6 is 0 Å². The monoisotopic (exact) mass is 366 g/mol. The van der Waals surface area contributed by atoms with E-state index in [1.807, 2.05) is 48.5 Å². The fraction of sp³-hybridized carbons (Fsp3) is 0.348. The van der Waals surface area contributed by atoms with Gasteiger partial charge in [-0.25, -0.2) is 0 Å². The minimum atomic E-state index is -0.742. The Hall–Kier alpha value is -2.43. The molecule has 0 spiro atoms. The summed E-state index contributed by atoms with van der Waals surface area (Å²) in [6.45, 7) is 0.624. The second-order valence-corrected chi connectivity index (χ2v) is 6.80. The number of unbranched alkanes of at least 4 members (excludes halogenated alkanes) is 1. The van der Waals surface area contributed by atoms with Crippen molar-refractivity contribution in [1.82, 2.24) is 0 Å². The Bertz CT molecular complexity index is 727. The van der Waals surface area contributed by atoms with E-state index in [0.29, 0.717) is 13.0 Å². The topological polar surface area (TPSA) is 55.8 Å². The van der Waals surface area contributed by atoms with Crippen LogP contribution in [0.4, 0.5) is 0 Å². The molecule has 3 atom stereocenters. The molecule has 0 aliphatic carbocycles. The molecular weight excluding hydrogens is 340 g/mol. The molecule has 1 aliphatic rings. The summed E-state index contributed by atoms with van der Waals surface area (Å²) >= 11 is 0. The van der Waals surface area contributed by atoms with Crippen LogP contribution in [0.3, 0.4) is 0 Å². The van der Waals surface area contributed by atoms with Gasteiger partial charge in [-0.1, -0.05) is 72.8 Å². The zero-order valence-corrected chi connectivity index (χ0v) is 15.4. The van der Waals surface area contributed by atoms with Gasteiger partial charge in [0.25, 0.3) is 0 Å². The quantitative estimate of drug-likeness (QED) is 0.509. The first-order valence-electron chi connectivity index (χ1n) is 9.48. The highest BCUT2D eigenvalue weighted by Gasteiger charge is 2.33. The average Bonchev–Trinajstić information content (AvgIpc) is 2.72. The smallest absolute Gasteiger partial charge is 0.303 e. The molecule has 2 aromatic rings. The molecule has 1 aliphatic heterocycles. The highest BCUT2D eigenvalue weighted by molar-refractivity contribution is 5.66. The molecule has 0 aromatic heterocycles. The van der Waals surface area contributed by atoms with Gasteiger partial charge in [-0.3, -0.25) is 4.79 Å². The van der Waals surface area contributed by atoms with E-state index in [4.69, 9.17) is 14.6 Å². The SMILES string of the molecule is O=C(O)CCC/C=C\CC1COC(c2ccccc2)OC1c1ccccc1. The maximum Gasteiger partial charge on any atom is 0.303 e. The van der Waals surface area contributed by atoms with E-state index in [-0.39, 0.29) is 24.7 Å². The highest BCUT2D eigenvalue weighted by atomic mass is 16.7. The summed E-state index contributed by atoms with van der Waals surface area (Å²) in [6.07, 6.45) is 6.30. The van der Waals surface area contributed by atoms with Gasteiger partial charge in [0, 0.05) is 17.9 Å². The normalized spacial score (nSPS) is 22.7. The summed E-state index contributed by atoms with van der Waals surface area (Å²) < 4.78 is 12.4. The van der Waals surface area contributed by atoms with Crippen molar-refractivity contribution in [3.05, 3.63) is 83.9 Å². The molecule has 4 nitrogen and oxygen atoms in total. The first-order valence-corrected chi connectivity index (χ1v) is 9.48. The predicted molar refractivity (Wildman–Crippen MR) is 104 cm³/mol. The van der Waals surface area contributed by atoms with E-state index < -0.39 is 5.97 Å². The maximum atomic E-state index is 10.6. The maximum absolute atomic E-state index is 10.6. The predicted octanol–water partition coefficient (Wildman–Crippen LogP) is 5.29. The van der Waals surface area contributed by atoms with E-state index >= 15 is 0 Å². The fourth-order valence-electron chi connectivity index (χ4n) is 3.31. The van der Waals surface area contributed by atoms with E-state index in [2.05, 4.69) is 24.3 Å². The van der Waals surface area contributed by atoms with Crippen molar-refractivity contribution < 1.29 is 19.4 Å². The molecule has 0 amide bonds. The Balaban J connectivity index is 1.64. The van der Waals surface area contributed by atoms with Gasteiger partial charge in [-0.15, -0.1) is 0 Å². The van der Waals surface area contributed by atoms with Crippen LogP contribution in [0, 0.1) is 5.92 Å². The minimum absolute atomic E-state index is 0.0335. The Kier molecular flexibility index (Phi) is 7.19. The largest absolute Gasteiger partial charge is 0.481 e. The molecule has 1 N–H and O–H groups in total. The lowest BCUT2D eigenvalue weighted by Gasteiger charge is -2.36. The summed E-state index contributed by atoms with van der Waals surface area (Å²) in [6, 6.07) is 20.3. The lowest BCUT2D eigenvalue weighted by atomic mass is 9.92. The minimum Gasteiger partial charge on any atom is -0.481 e. The van der Waals surface area contributed by atoms with Gasteiger partial charge in [0.05, 0.1) is 12.7 Å². The number of hydrogen-bond donors (Lipinski definition) is 1. The van der Waals surface area contributed by atoms with Crippen LogP contribution in [0.1, 0.15) is 49.2 Å². The summed E-state index contributed by atoms with van der Waals surface area (Å²) in [5.41, 5.74) is 2.19. The average molecular weight is 366 g/mol. The number of carboxylic acids is 1.